The molecule has 14 heavy (non-hydrogen) atoms. The van der Waals surface area contributed by atoms with E-state index in [2.05, 4.69) is 37.2 Å². The van der Waals surface area contributed by atoms with Crippen LogP contribution in [0.1, 0.15) is 6.42 Å². The van der Waals surface area contributed by atoms with Gasteiger partial charge in [0.25, 0.3) is 0 Å². The molecule has 0 amide bonds. The van der Waals surface area contributed by atoms with Gasteiger partial charge in [-0.15, -0.1) is 0 Å². The van der Waals surface area contributed by atoms with Gasteiger partial charge in [0.1, 0.15) is 0 Å². The smallest absolute Gasteiger partial charge is 0.0592 e. The highest BCUT2D eigenvalue weighted by atomic mass is 79.9. The van der Waals surface area contributed by atoms with Gasteiger partial charge >= 0.3 is 0 Å². The molecule has 3 nitrogen and oxygen atoms in total. The van der Waals surface area contributed by atoms with Crippen LogP contribution in [0.25, 0.3) is 0 Å². The Balaban J connectivity index is 2.13. The molecule has 0 spiro atoms. The first-order valence-corrected chi connectivity index (χ1v) is 5.62. The molecule has 0 saturated carbocycles. The van der Waals surface area contributed by atoms with Crippen LogP contribution in [0.15, 0.2) is 22.9 Å². The largest absolute Gasteiger partial charge is 0.369 e. The second-order valence-electron chi connectivity index (χ2n) is 3.55. The fourth-order valence-electron chi connectivity index (χ4n) is 1.84. The summed E-state index contributed by atoms with van der Waals surface area (Å²) in [6, 6.07) is 2.68. The summed E-state index contributed by atoms with van der Waals surface area (Å²) >= 11 is 3.52. The minimum atomic E-state index is 0.620. The number of halogens is 1. The summed E-state index contributed by atoms with van der Waals surface area (Å²) in [5.41, 5.74) is 1.25. The van der Waals surface area contributed by atoms with E-state index in [9.17, 15) is 0 Å². The standard InChI is InChI=1S/C10H14BrN3/c1-12-8-3-5-14(7-8)10-2-4-13-6-9(10)11/h2,4,6,8,12H,3,5,7H2,1H3. The molecule has 1 fully saturated rings. The first-order valence-electron chi connectivity index (χ1n) is 4.83. The lowest BCUT2D eigenvalue weighted by Crippen LogP contribution is -2.29. The molecular weight excluding hydrogens is 242 g/mol. The number of hydrogen-bond acceptors (Lipinski definition) is 3. The van der Waals surface area contributed by atoms with Crippen LogP contribution in [0.3, 0.4) is 0 Å². The molecule has 1 saturated heterocycles. The van der Waals surface area contributed by atoms with E-state index in [0.29, 0.717) is 6.04 Å². The molecule has 2 rings (SSSR count). The lowest BCUT2D eigenvalue weighted by molar-refractivity contribution is 0.617. The van der Waals surface area contributed by atoms with Crippen molar-refractivity contribution in [3.05, 3.63) is 22.9 Å². The van der Waals surface area contributed by atoms with Crippen LogP contribution in [0.5, 0.6) is 0 Å². The normalized spacial score (nSPS) is 21.6. The van der Waals surface area contributed by atoms with Crippen molar-refractivity contribution in [2.45, 2.75) is 12.5 Å². The maximum absolute atomic E-state index is 4.07. The number of hydrogen-bond donors (Lipinski definition) is 1. The fourth-order valence-corrected chi connectivity index (χ4v) is 2.34. The summed E-state index contributed by atoms with van der Waals surface area (Å²) in [6.07, 6.45) is 4.90. The summed E-state index contributed by atoms with van der Waals surface area (Å²) in [4.78, 5) is 6.45. The van der Waals surface area contributed by atoms with Crippen molar-refractivity contribution >= 4 is 21.6 Å². The topological polar surface area (TPSA) is 28.2 Å². The minimum Gasteiger partial charge on any atom is -0.369 e. The third-order valence-electron chi connectivity index (χ3n) is 2.69. The van der Waals surface area contributed by atoms with E-state index in [4.69, 9.17) is 0 Å². The molecule has 1 atom stereocenters. The maximum Gasteiger partial charge on any atom is 0.0592 e. The van der Waals surface area contributed by atoms with Crippen molar-refractivity contribution in [2.24, 2.45) is 0 Å². The minimum absolute atomic E-state index is 0.620. The maximum atomic E-state index is 4.07. The third kappa shape index (κ3) is 1.91. The molecule has 76 valence electrons. The number of anilines is 1. The van der Waals surface area contributed by atoms with Crippen molar-refractivity contribution in [3.63, 3.8) is 0 Å². The van der Waals surface area contributed by atoms with Crippen LogP contribution >= 0.6 is 15.9 Å². The van der Waals surface area contributed by atoms with Crippen molar-refractivity contribution in [1.29, 1.82) is 0 Å². The number of rotatable bonds is 2. The van der Waals surface area contributed by atoms with E-state index in [0.717, 1.165) is 17.6 Å². The van der Waals surface area contributed by atoms with E-state index in [-0.39, 0.29) is 0 Å². The van der Waals surface area contributed by atoms with Gasteiger partial charge in [0.05, 0.1) is 10.2 Å². The van der Waals surface area contributed by atoms with E-state index < -0.39 is 0 Å². The predicted octanol–water partition coefficient (Wildman–Crippen LogP) is 1.64. The highest BCUT2D eigenvalue weighted by Gasteiger charge is 2.22. The summed E-state index contributed by atoms with van der Waals surface area (Å²) in [6.45, 7) is 2.20. The van der Waals surface area contributed by atoms with Gasteiger partial charge in [-0.1, -0.05) is 0 Å². The average Bonchev–Trinajstić information content (AvgIpc) is 2.67. The van der Waals surface area contributed by atoms with Crippen LogP contribution in [-0.4, -0.2) is 31.2 Å². The Morgan fingerprint density at radius 1 is 1.64 bits per heavy atom. The zero-order valence-corrected chi connectivity index (χ0v) is 9.79. The van der Waals surface area contributed by atoms with Crippen LogP contribution in [0.4, 0.5) is 5.69 Å². The molecule has 4 heteroatoms. The molecule has 0 aromatic carbocycles. The van der Waals surface area contributed by atoms with Crippen LogP contribution in [0.2, 0.25) is 0 Å². The monoisotopic (exact) mass is 255 g/mol. The van der Waals surface area contributed by atoms with Crippen LogP contribution in [-0.2, 0) is 0 Å². The summed E-state index contributed by atoms with van der Waals surface area (Å²) in [5.74, 6) is 0. The summed E-state index contributed by atoms with van der Waals surface area (Å²) < 4.78 is 1.08. The molecule has 1 unspecified atom stereocenters. The zero-order chi connectivity index (χ0) is 9.97. The zero-order valence-electron chi connectivity index (χ0n) is 8.20. The molecule has 1 N–H and O–H groups in total. The van der Waals surface area contributed by atoms with Gasteiger partial charge in [0.15, 0.2) is 0 Å². The van der Waals surface area contributed by atoms with Crippen LogP contribution < -0.4 is 10.2 Å². The second kappa shape index (κ2) is 4.28. The first kappa shape index (κ1) is 9.93. The summed E-state index contributed by atoms with van der Waals surface area (Å²) in [7, 11) is 2.02. The van der Waals surface area contributed by atoms with Gasteiger partial charge in [0, 0.05) is 31.5 Å². The molecule has 1 aromatic heterocycles. The van der Waals surface area contributed by atoms with Crippen LogP contribution in [0, 0.1) is 0 Å². The lowest BCUT2D eigenvalue weighted by Gasteiger charge is -2.19. The first-order chi connectivity index (χ1) is 6.81. The average molecular weight is 256 g/mol. The van der Waals surface area contributed by atoms with E-state index in [1.807, 2.05) is 19.4 Å². The summed E-state index contributed by atoms with van der Waals surface area (Å²) in [5, 5.41) is 3.31. The van der Waals surface area contributed by atoms with Gasteiger partial charge in [-0.2, -0.15) is 0 Å². The molecule has 0 aliphatic carbocycles. The van der Waals surface area contributed by atoms with Gasteiger partial charge in [-0.25, -0.2) is 0 Å². The Bertz CT molecular complexity index is 316. The highest BCUT2D eigenvalue weighted by Crippen LogP contribution is 2.27. The Morgan fingerprint density at radius 2 is 2.50 bits per heavy atom. The van der Waals surface area contributed by atoms with E-state index in [1.165, 1.54) is 12.1 Å². The predicted molar refractivity (Wildman–Crippen MR) is 61.6 cm³/mol. The number of nitrogens with zero attached hydrogens (tertiary/aromatic N) is 2. The quantitative estimate of drug-likeness (QED) is 0.871. The van der Waals surface area contributed by atoms with Crippen molar-refractivity contribution in [3.8, 4) is 0 Å². The van der Waals surface area contributed by atoms with Gasteiger partial charge in [-0.3, -0.25) is 4.98 Å². The Labute approximate surface area is 92.6 Å². The van der Waals surface area contributed by atoms with Gasteiger partial charge in [-0.05, 0) is 35.5 Å². The van der Waals surface area contributed by atoms with E-state index >= 15 is 0 Å². The number of likely N-dealkylation sites (N-methyl/N-ethyl adjacent to an activating group) is 1. The molecule has 2 heterocycles. The fraction of sp³-hybridized carbons (Fsp3) is 0.500. The molecule has 0 bridgehead atoms. The number of aromatic nitrogens is 1. The van der Waals surface area contributed by atoms with Crippen molar-refractivity contribution < 1.29 is 0 Å². The van der Waals surface area contributed by atoms with Gasteiger partial charge in [0.2, 0.25) is 0 Å². The number of pyridine rings is 1. The molecule has 0 radical (unpaired) electrons. The molecule has 1 aliphatic heterocycles. The Kier molecular flexibility index (Phi) is 3.03. The third-order valence-corrected chi connectivity index (χ3v) is 3.30. The Morgan fingerprint density at radius 3 is 3.14 bits per heavy atom. The number of nitrogens with one attached hydrogen (secondary N) is 1. The van der Waals surface area contributed by atoms with E-state index in [1.54, 1.807) is 0 Å². The van der Waals surface area contributed by atoms with Gasteiger partial charge < -0.3 is 10.2 Å². The second-order valence-corrected chi connectivity index (χ2v) is 4.40. The highest BCUT2D eigenvalue weighted by molar-refractivity contribution is 9.10. The molecule has 1 aliphatic rings. The molecule has 1 aromatic rings. The lowest BCUT2D eigenvalue weighted by atomic mass is 10.3. The Hall–Kier alpha value is -0.610. The van der Waals surface area contributed by atoms with Crippen molar-refractivity contribution in [1.82, 2.24) is 10.3 Å². The molecular formula is C10H14BrN3. The SMILES string of the molecule is CNC1CCN(c2ccncc2Br)C1. The van der Waals surface area contributed by atoms with Crippen molar-refractivity contribution in [2.75, 3.05) is 25.0 Å².